The van der Waals surface area contributed by atoms with Crippen molar-refractivity contribution >= 4 is 21.4 Å². The van der Waals surface area contributed by atoms with Crippen LogP contribution in [-0.4, -0.2) is 31.6 Å². The standard InChI is InChI=1S/C12H17ClO3S/c1-10(9-17(15,16)8-4-7-14)11-5-2-3-6-12(11)13/h2-3,5-6,10,14H,4,7-9H2,1H3/t10-/m0/s1. The maximum absolute atomic E-state index is 11.7. The molecule has 0 aromatic heterocycles. The minimum Gasteiger partial charge on any atom is -0.396 e. The lowest BCUT2D eigenvalue weighted by Gasteiger charge is -2.13. The first-order valence-corrected chi connectivity index (χ1v) is 7.72. The maximum Gasteiger partial charge on any atom is 0.150 e. The number of benzene rings is 1. The first kappa shape index (κ1) is 14.5. The van der Waals surface area contributed by atoms with E-state index >= 15 is 0 Å². The van der Waals surface area contributed by atoms with Gasteiger partial charge in [-0.05, 0) is 24.0 Å². The van der Waals surface area contributed by atoms with Gasteiger partial charge >= 0.3 is 0 Å². The molecule has 1 rings (SSSR count). The van der Waals surface area contributed by atoms with E-state index in [0.717, 1.165) is 5.56 Å². The van der Waals surface area contributed by atoms with E-state index in [0.29, 0.717) is 5.02 Å². The molecule has 0 aliphatic rings. The zero-order valence-corrected chi connectivity index (χ0v) is 11.3. The van der Waals surface area contributed by atoms with Crippen LogP contribution in [0.5, 0.6) is 0 Å². The predicted molar refractivity (Wildman–Crippen MR) is 70.2 cm³/mol. The smallest absolute Gasteiger partial charge is 0.150 e. The van der Waals surface area contributed by atoms with Crippen molar-refractivity contribution in [3.05, 3.63) is 34.9 Å². The Morgan fingerprint density at radius 2 is 2.00 bits per heavy atom. The molecule has 1 N–H and O–H groups in total. The lowest BCUT2D eigenvalue weighted by Crippen LogP contribution is -2.17. The molecule has 17 heavy (non-hydrogen) atoms. The third kappa shape index (κ3) is 4.66. The minimum atomic E-state index is -3.13. The molecule has 0 saturated carbocycles. The van der Waals surface area contributed by atoms with Crippen LogP contribution in [0.15, 0.2) is 24.3 Å². The van der Waals surface area contributed by atoms with Crippen LogP contribution in [0.1, 0.15) is 24.8 Å². The van der Waals surface area contributed by atoms with Crippen LogP contribution in [0.3, 0.4) is 0 Å². The molecule has 0 aliphatic heterocycles. The van der Waals surface area contributed by atoms with Gasteiger partial charge in [-0.15, -0.1) is 0 Å². The average molecular weight is 277 g/mol. The molecular formula is C12H17ClO3S. The quantitative estimate of drug-likeness (QED) is 0.867. The van der Waals surface area contributed by atoms with Crippen LogP contribution in [-0.2, 0) is 9.84 Å². The summed E-state index contributed by atoms with van der Waals surface area (Å²) in [4.78, 5) is 0. The highest BCUT2D eigenvalue weighted by molar-refractivity contribution is 7.91. The molecule has 0 fully saturated rings. The summed E-state index contributed by atoms with van der Waals surface area (Å²) < 4.78 is 23.5. The van der Waals surface area contributed by atoms with Gasteiger partial charge in [-0.1, -0.05) is 36.7 Å². The van der Waals surface area contributed by atoms with Crippen LogP contribution in [0.2, 0.25) is 5.02 Å². The molecular weight excluding hydrogens is 260 g/mol. The molecule has 0 unspecified atom stereocenters. The number of aliphatic hydroxyl groups is 1. The number of hydrogen-bond donors (Lipinski definition) is 1. The van der Waals surface area contributed by atoms with Crippen molar-refractivity contribution in [2.24, 2.45) is 0 Å². The van der Waals surface area contributed by atoms with Crippen LogP contribution in [0, 0.1) is 0 Å². The largest absolute Gasteiger partial charge is 0.396 e. The Morgan fingerprint density at radius 1 is 1.35 bits per heavy atom. The van der Waals surface area contributed by atoms with E-state index in [4.69, 9.17) is 16.7 Å². The van der Waals surface area contributed by atoms with E-state index in [1.807, 2.05) is 25.1 Å². The van der Waals surface area contributed by atoms with Gasteiger partial charge in [0.1, 0.15) is 0 Å². The summed E-state index contributed by atoms with van der Waals surface area (Å²) in [7, 11) is -3.13. The Kier molecular flexibility index (Phi) is 5.43. The number of rotatable bonds is 6. The Labute approximate surface area is 107 Å². The van der Waals surface area contributed by atoms with Gasteiger partial charge in [0, 0.05) is 11.6 Å². The van der Waals surface area contributed by atoms with E-state index < -0.39 is 9.84 Å². The van der Waals surface area contributed by atoms with Gasteiger partial charge < -0.3 is 5.11 Å². The first-order valence-electron chi connectivity index (χ1n) is 5.52. The second-order valence-corrected chi connectivity index (χ2v) is 6.75. The summed E-state index contributed by atoms with van der Waals surface area (Å²) in [6, 6.07) is 7.26. The van der Waals surface area contributed by atoms with Gasteiger partial charge in [0.05, 0.1) is 11.5 Å². The van der Waals surface area contributed by atoms with Crippen LogP contribution in [0.25, 0.3) is 0 Å². The van der Waals surface area contributed by atoms with Crippen molar-refractivity contribution in [1.82, 2.24) is 0 Å². The van der Waals surface area contributed by atoms with Crippen molar-refractivity contribution < 1.29 is 13.5 Å². The zero-order valence-electron chi connectivity index (χ0n) is 9.77. The Balaban J connectivity index is 2.73. The molecule has 0 aliphatic carbocycles. The van der Waals surface area contributed by atoms with Crippen molar-refractivity contribution in [2.45, 2.75) is 19.3 Å². The van der Waals surface area contributed by atoms with E-state index in [1.54, 1.807) is 6.07 Å². The molecule has 0 amide bonds. The van der Waals surface area contributed by atoms with Crippen LogP contribution in [0.4, 0.5) is 0 Å². The second-order valence-electron chi connectivity index (χ2n) is 4.11. The number of halogens is 1. The molecule has 96 valence electrons. The van der Waals surface area contributed by atoms with Gasteiger partial charge in [0.2, 0.25) is 0 Å². The van der Waals surface area contributed by atoms with Crippen LogP contribution < -0.4 is 0 Å². The third-order valence-corrected chi connectivity index (χ3v) is 4.82. The molecule has 0 bridgehead atoms. The topological polar surface area (TPSA) is 54.4 Å². The van der Waals surface area contributed by atoms with Gasteiger partial charge in [-0.2, -0.15) is 0 Å². The summed E-state index contributed by atoms with van der Waals surface area (Å²) in [5.41, 5.74) is 0.849. The summed E-state index contributed by atoms with van der Waals surface area (Å²) in [6.07, 6.45) is 0.289. The lowest BCUT2D eigenvalue weighted by atomic mass is 10.0. The van der Waals surface area contributed by atoms with Crippen molar-refractivity contribution in [3.63, 3.8) is 0 Å². The number of sulfone groups is 1. The molecule has 0 spiro atoms. The van der Waals surface area contributed by atoms with E-state index in [-0.39, 0.29) is 30.5 Å². The monoisotopic (exact) mass is 276 g/mol. The summed E-state index contributed by atoms with van der Waals surface area (Å²) in [5, 5.41) is 9.23. The van der Waals surface area contributed by atoms with Gasteiger partial charge in [0.15, 0.2) is 9.84 Å². The highest BCUT2D eigenvalue weighted by Crippen LogP contribution is 2.25. The summed E-state index contributed by atoms with van der Waals surface area (Å²) >= 11 is 6.02. The average Bonchev–Trinajstić information content (AvgIpc) is 2.26. The van der Waals surface area contributed by atoms with Crippen molar-refractivity contribution in [2.75, 3.05) is 18.1 Å². The molecule has 1 aromatic carbocycles. The highest BCUT2D eigenvalue weighted by Gasteiger charge is 2.18. The van der Waals surface area contributed by atoms with Gasteiger partial charge in [-0.3, -0.25) is 0 Å². The highest BCUT2D eigenvalue weighted by atomic mass is 35.5. The SMILES string of the molecule is C[C@@H](CS(=O)(=O)CCCO)c1ccccc1Cl. The second kappa shape index (κ2) is 6.38. The molecule has 0 radical (unpaired) electrons. The van der Waals surface area contributed by atoms with E-state index in [9.17, 15) is 8.42 Å². The number of hydrogen-bond acceptors (Lipinski definition) is 3. The van der Waals surface area contributed by atoms with Gasteiger partial charge in [0.25, 0.3) is 0 Å². The fourth-order valence-electron chi connectivity index (χ4n) is 1.71. The summed E-state index contributed by atoms with van der Waals surface area (Å²) in [6.45, 7) is 1.75. The minimum absolute atomic E-state index is 0.0261. The molecule has 0 saturated heterocycles. The van der Waals surface area contributed by atoms with Crippen LogP contribution >= 0.6 is 11.6 Å². The normalized spacial score (nSPS) is 13.6. The Morgan fingerprint density at radius 3 is 2.59 bits per heavy atom. The molecule has 3 nitrogen and oxygen atoms in total. The third-order valence-electron chi connectivity index (χ3n) is 2.55. The first-order chi connectivity index (χ1) is 7.96. The lowest BCUT2D eigenvalue weighted by molar-refractivity contribution is 0.295. The fraction of sp³-hybridized carbons (Fsp3) is 0.500. The molecule has 1 atom stereocenters. The van der Waals surface area contributed by atoms with Crippen molar-refractivity contribution in [1.29, 1.82) is 0 Å². The van der Waals surface area contributed by atoms with Gasteiger partial charge in [-0.25, -0.2) is 8.42 Å². The maximum atomic E-state index is 11.7. The molecule has 1 aromatic rings. The van der Waals surface area contributed by atoms with Crippen molar-refractivity contribution in [3.8, 4) is 0 Å². The molecule has 0 heterocycles. The summed E-state index contributed by atoms with van der Waals surface area (Å²) in [5.74, 6) is -0.0398. The fourth-order valence-corrected chi connectivity index (χ4v) is 3.71. The Bertz CT molecular complexity index is 457. The number of aliphatic hydroxyl groups excluding tert-OH is 1. The predicted octanol–water partition coefficient (Wildman–Crippen LogP) is 2.24. The van der Waals surface area contributed by atoms with E-state index in [2.05, 4.69) is 0 Å². The molecule has 5 heteroatoms. The van der Waals surface area contributed by atoms with E-state index in [1.165, 1.54) is 0 Å². The Hall–Kier alpha value is -0.580. The zero-order chi connectivity index (χ0) is 12.9.